The van der Waals surface area contributed by atoms with Gasteiger partial charge >= 0.3 is 0 Å². The summed E-state index contributed by atoms with van der Waals surface area (Å²) in [4.78, 5) is 56.8. The van der Waals surface area contributed by atoms with Gasteiger partial charge in [0.1, 0.15) is 18.1 Å². The number of unbranched alkanes of at least 4 members (excludes halogenated alkanes) is 1. The molecule has 0 radical (unpaired) electrons. The Morgan fingerprint density at radius 1 is 0.735 bits per heavy atom. The van der Waals surface area contributed by atoms with Crippen LogP contribution in [0.3, 0.4) is 0 Å². The van der Waals surface area contributed by atoms with Gasteiger partial charge in [-0.15, -0.1) is 0 Å². The maximum atomic E-state index is 14.0. The van der Waals surface area contributed by atoms with Gasteiger partial charge < -0.3 is 31.9 Å². The number of carbonyl (C=O) groups is 4. The van der Waals surface area contributed by atoms with Crippen molar-refractivity contribution in [3.63, 3.8) is 0 Å². The molecule has 1 saturated heterocycles. The molecule has 0 unspecified atom stereocenters. The van der Waals surface area contributed by atoms with Crippen LogP contribution >= 0.6 is 11.8 Å². The molecule has 1 aliphatic heterocycles. The fraction of sp³-hybridized carbons (Fsp3) is 0.579. The molecule has 2 aromatic rings. The van der Waals surface area contributed by atoms with Gasteiger partial charge in [-0.05, 0) is 67.9 Å². The summed E-state index contributed by atoms with van der Waals surface area (Å²) >= 11 is 1.84. The monoisotopic (exact) mass is 694 g/mol. The largest absolute Gasteiger partial charge is 0.343 e. The number of amides is 4. The number of carbonyl (C=O) groups excluding carboxylic acids is 4. The molecule has 11 heteroatoms. The standard InChI is InChI=1S/C38H58N6O4S/c1-27(2)24-33(36(46)41-32(18-11-12-19-40-28(3)4)38(48)44-20-13-22-49-23-21-44)43-37(47)34(26-30-16-9-6-10-17-30)42-35(45)31(39)25-29-14-7-5-8-15-29/h5-10,14-17,27-28,31-34,40H,11-13,18-26,39H2,1-4H3,(H,41,46)(H,42,45)(H,43,47)/t31-,32-,33-,34-/m1/s1. The van der Waals surface area contributed by atoms with Crippen molar-refractivity contribution >= 4 is 35.4 Å². The quantitative estimate of drug-likeness (QED) is 0.142. The van der Waals surface area contributed by atoms with Crippen molar-refractivity contribution in [3.05, 3.63) is 71.8 Å². The number of nitrogens with one attached hydrogen (secondary N) is 4. The maximum absolute atomic E-state index is 14.0. The zero-order valence-corrected chi connectivity index (χ0v) is 30.6. The predicted octanol–water partition coefficient (Wildman–Crippen LogP) is 3.43. The highest BCUT2D eigenvalue weighted by atomic mass is 32.2. The summed E-state index contributed by atoms with van der Waals surface area (Å²) in [6.07, 6.45) is 4.01. The zero-order valence-electron chi connectivity index (χ0n) is 29.8. The van der Waals surface area contributed by atoms with E-state index >= 15 is 0 Å². The number of hydrogen-bond acceptors (Lipinski definition) is 7. The second kappa shape index (κ2) is 21.6. The van der Waals surface area contributed by atoms with E-state index in [0.717, 1.165) is 48.4 Å². The van der Waals surface area contributed by atoms with Crippen molar-refractivity contribution in [2.45, 2.75) is 103 Å². The van der Waals surface area contributed by atoms with Crippen LogP contribution in [0.5, 0.6) is 0 Å². The first-order chi connectivity index (χ1) is 23.5. The van der Waals surface area contributed by atoms with Crippen molar-refractivity contribution < 1.29 is 19.2 Å². The molecular weight excluding hydrogens is 637 g/mol. The van der Waals surface area contributed by atoms with Crippen LogP contribution in [0.1, 0.15) is 70.9 Å². The summed E-state index contributed by atoms with van der Waals surface area (Å²) in [5.74, 6) is 0.591. The molecule has 4 atom stereocenters. The van der Waals surface area contributed by atoms with Crippen molar-refractivity contribution in [1.82, 2.24) is 26.2 Å². The highest BCUT2D eigenvalue weighted by molar-refractivity contribution is 7.99. The van der Waals surface area contributed by atoms with Crippen LogP contribution in [0.25, 0.3) is 0 Å². The first-order valence-corrected chi connectivity index (χ1v) is 19.0. The molecular formula is C38H58N6O4S. The molecule has 0 aliphatic carbocycles. The van der Waals surface area contributed by atoms with Crippen LogP contribution in [-0.2, 0) is 32.0 Å². The van der Waals surface area contributed by atoms with Crippen LogP contribution < -0.4 is 27.0 Å². The third-order valence-electron chi connectivity index (χ3n) is 8.51. The second-order valence-electron chi connectivity index (χ2n) is 13.7. The lowest BCUT2D eigenvalue weighted by Crippen LogP contribution is -2.58. The van der Waals surface area contributed by atoms with E-state index in [-0.39, 0.29) is 18.2 Å². The zero-order chi connectivity index (χ0) is 35.6. The minimum absolute atomic E-state index is 0.0658. The number of benzene rings is 2. The van der Waals surface area contributed by atoms with Gasteiger partial charge in [-0.25, -0.2) is 0 Å². The number of nitrogens with zero attached hydrogens (tertiary/aromatic N) is 1. The van der Waals surface area contributed by atoms with E-state index in [0.29, 0.717) is 38.4 Å². The summed E-state index contributed by atoms with van der Waals surface area (Å²) < 4.78 is 0. The van der Waals surface area contributed by atoms with Gasteiger partial charge in [0.2, 0.25) is 23.6 Å². The van der Waals surface area contributed by atoms with E-state index in [9.17, 15) is 19.2 Å². The van der Waals surface area contributed by atoms with Gasteiger partial charge in [0.05, 0.1) is 6.04 Å². The molecule has 2 aromatic carbocycles. The molecule has 0 spiro atoms. The molecule has 0 bridgehead atoms. The summed E-state index contributed by atoms with van der Waals surface area (Å²) in [7, 11) is 0. The maximum Gasteiger partial charge on any atom is 0.245 e. The van der Waals surface area contributed by atoms with Gasteiger partial charge in [-0.1, -0.05) is 88.4 Å². The van der Waals surface area contributed by atoms with Crippen LogP contribution in [0.4, 0.5) is 0 Å². The predicted molar refractivity (Wildman–Crippen MR) is 199 cm³/mol. The first-order valence-electron chi connectivity index (χ1n) is 17.9. The molecule has 270 valence electrons. The molecule has 0 aromatic heterocycles. The first kappa shape index (κ1) is 40.0. The fourth-order valence-electron chi connectivity index (χ4n) is 5.85. The van der Waals surface area contributed by atoms with E-state index < -0.39 is 41.9 Å². The number of hydrogen-bond donors (Lipinski definition) is 5. The lowest BCUT2D eigenvalue weighted by atomic mass is 9.99. The van der Waals surface area contributed by atoms with Gasteiger partial charge in [0.15, 0.2) is 0 Å². The average Bonchev–Trinajstić information content (AvgIpc) is 3.37. The van der Waals surface area contributed by atoms with Crippen LogP contribution in [0.2, 0.25) is 0 Å². The molecule has 6 N–H and O–H groups in total. The molecule has 3 rings (SSSR count). The molecule has 4 amide bonds. The molecule has 1 aliphatic rings. The Kier molecular flexibility index (Phi) is 17.7. The minimum Gasteiger partial charge on any atom is -0.343 e. The summed E-state index contributed by atoms with van der Waals surface area (Å²) in [5.41, 5.74) is 8.06. The van der Waals surface area contributed by atoms with Crippen molar-refractivity contribution in [2.75, 3.05) is 31.1 Å². The third kappa shape index (κ3) is 14.9. The Morgan fingerprint density at radius 3 is 1.96 bits per heavy atom. The second-order valence-corrected chi connectivity index (χ2v) is 14.9. The van der Waals surface area contributed by atoms with Gasteiger partial charge in [0.25, 0.3) is 0 Å². The van der Waals surface area contributed by atoms with E-state index in [2.05, 4.69) is 35.1 Å². The van der Waals surface area contributed by atoms with Gasteiger partial charge in [0, 0.05) is 31.3 Å². The van der Waals surface area contributed by atoms with Crippen LogP contribution in [0.15, 0.2) is 60.7 Å². The van der Waals surface area contributed by atoms with Gasteiger partial charge in [-0.2, -0.15) is 11.8 Å². The Labute approximate surface area is 297 Å². The molecule has 0 saturated carbocycles. The molecule has 10 nitrogen and oxygen atoms in total. The molecule has 1 fully saturated rings. The fourth-order valence-corrected chi connectivity index (χ4v) is 6.74. The van der Waals surface area contributed by atoms with Crippen molar-refractivity contribution in [3.8, 4) is 0 Å². The Morgan fingerprint density at radius 2 is 1.33 bits per heavy atom. The number of thioether (sulfide) groups is 1. The van der Waals surface area contributed by atoms with E-state index in [1.54, 1.807) is 0 Å². The molecule has 49 heavy (non-hydrogen) atoms. The van der Waals surface area contributed by atoms with Gasteiger partial charge in [-0.3, -0.25) is 19.2 Å². The number of rotatable bonds is 19. The Bertz CT molecular complexity index is 1290. The highest BCUT2D eigenvalue weighted by Crippen LogP contribution is 2.15. The highest BCUT2D eigenvalue weighted by Gasteiger charge is 2.32. The van der Waals surface area contributed by atoms with E-state index in [1.807, 2.05) is 91.2 Å². The number of nitrogens with two attached hydrogens (primary N) is 1. The van der Waals surface area contributed by atoms with E-state index in [4.69, 9.17) is 5.73 Å². The molecule has 1 heterocycles. The lowest BCUT2D eigenvalue weighted by Gasteiger charge is -2.29. The lowest BCUT2D eigenvalue weighted by molar-refractivity contribution is -0.138. The topological polar surface area (TPSA) is 146 Å². The van der Waals surface area contributed by atoms with Crippen LogP contribution in [0, 0.1) is 5.92 Å². The summed E-state index contributed by atoms with van der Waals surface area (Å²) in [5, 5.41) is 12.3. The smallest absolute Gasteiger partial charge is 0.245 e. The summed E-state index contributed by atoms with van der Waals surface area (Å²) in [6, 6.07) is 15.9. The average molecular weight is 695 g/mol. The Hall–Kier alpha value is -3.41. The third-order valence-corrected chi connectivity index (χ3v) is 9.56. The summed E-state index contributed by atoms with van der Waals surface area (Å²) in [6.45, 7) is 10.3. The van der Waals surface area contributed by atoms with E-state index in [1.165, 1.54) is 0 Å². The SMILES string of the molecule is CC(C)C[C@@H](NC(=O)[C@@H](Cc1ccccc1)NC(=O)[C@H](N)Cc1ccccc1)C(=O)N[C@H](CCCCNC(C)C)C(=O)N1CCCSCC1. The normalized spacial score (nSPS) is 15.9. The minimum atomic E-state index is -0.959. The Balaban J connectivity index is 1.76. The van der Waals surface area contributed by atoms with Crippen molar-refractivity contribution in [2.24, 2.45) is 11.7 Å². The van der Waals surface area contributed by atoms with Crippen molar-refractivity contribution in [1.29, 1.82) is 0 Å². The van der Waals surface area contributed by atoms with Crippen LogP contribution in [-0.4, -0.2) is 89.9 Å².